The number of alkyl halides is 2. The van der Waals surface area contributed by atoms with Crippen LogP contribution in [0.15, 0.2) is 17.1 Å². The first-order valence-corrected chi connectivity index (χ1v) is 9.73. The van der Waals surface area contributed by atoms with Crippen LogP contribution in [-0.4, -0.2) is 56.9 Å². The molecule has 0 radical (unpaired) electrons. The minimum atomic E-state index is -4.11. The maximum atomic E-state index is 14.9. The Kier molecular flexibility index (Phi) is 5.67. The van der Waals surface area contributed by atoms with Crippen molar-refractivity contribution in [1.82, 2.24) is 9.55 Å². The largest absolute Gasteiger partial charge is 0.573 e. The van der Waals surface area contributed by atoms with Gasteiger partial charge in [0.05, 0.1) is 5.92 Å². The minimum Gasteiger partial charge on any atom is -0.481 e. The molecule has 0 bridgehead atoms. The fourth-order valence-corrected chi connectivity index (χ4v) is 4.14. The summed E-state index contributed by atoms with van der Waals surface area (Å²) in [7, 11) is -4.11. The highest BCUT2D eigenvalue weighted by Crippen LogP contribution is 2.65. The Hall–Kier alpha value is -1.76. The van der Waals surface area contributed by atoms with Crippen LogP contribution in [0.25, 0.3) is 0 Å². The molecule has 0 saturated carbocycles. The van der Waals surface area contributed by atoms with E-state index in [0.29, 0.717) is 4.57 Å². The summed E-state index contributed by atoms with van der Waals surface area (Å²) in [4.78, 5) is 36.3. The lowest BCUT2D eigenvalue weighted by Gasteiger charge is -2.28. The molecule has 0 spiro atoms. The van der Waals surface area contributed by atoms with Crippen LogP contribution in [0.5, 0.6) is 0 Å². The number of nitrogen functional groups attached to an aromatic ring is 1. The zero-order valence-corrected chi connectivity index (χ0v) is 15.5. The fraction of sp³-hybridized carbons (Fsp3) is 0.643. The molecule has 0 amide bonds. The topological polar surface area (TPSA) is 155 Å². The van der Waals surface area contributed by atoms with E-state index in [4.69, 9.17) is 29.1 Å². The van der Waals surface area contributed by atoms with E-state index in [9.17, 15) is 23.3 Å². The average Bonchev–Trinajstić information content (AvgIpc) is 2.85. The van der Waals surface area contributed by atoms with E-state index in [1.165, 1.54) is 6.92 Å². The summed E-state index contributed by atoms with van der Waals surface area (Å²) in [6.07, 6.45) is -4.21. The van der Waals surface area contributed by atoms with Gasteiger partial charge in [-0.25, -0.2) is 4.79 Å². The third-order valence-corrected chi connectivity index (χ3v) is 5.81. The van der Waals surface area contributed by atoms with Gasteiger partial charge in [0.1, 0.15) is 25.1 Å². The molecule has 1 aromatic heterocycles. The van der Waals surface area contributed by atoms with Crippen LogP contribution in [-0.2, 0) is 23.1 Å². The second-order valence-electron chi connectivity index (χ2n) is 6.40. The number of rotatable bonds is 6. The molecule has 3 heterocycles. The van der Waals surface area contributed by atoms with Gasteiger partial charge in [0.25, 0.3) is 0 Å². The molecule has 11 nitrogen and oxygen atoms in total. The van der Waals surface area contributed by atoms with Gasteiger partial charge in [0, 0.05) is 6.20 Å². The van der Waals surface area contributed by atoms with Crippen LogP contribution in [0, 0.1) is 5.92 Å². The molecule has 4 N–H and O–H groups in total. The van der Waals surface area contributed by atoms with Crippen molar-refractivity contribution in [1.29, 1.82) is 0 Å². The Bertz CT molecular complexity index is 811. The highest BCUT2D eigenvalue weighted by molar-refractivity contribution is 7.55. The Labute approximate surface area is 157 Å². The van der Waals surface area contributed by atoms with Crippen LogP contribution in [0.2, 0.25) is 0 Å². The summed E-state index contributed by atoms with van der Waals surface area (Å²) in [6, 6.07) is 1.16. The minimum absolute atomic E-state index is 0.0144. The third-order valence-electron chi connectivity index (χ3n) is 4.33. The number of halogens is 2. The smallest absolute Gasteiger partial charge is 0.481 e. The van der Waals surface area contributed by atoms with E-state index in [2.05, 4.69) is 4.98 Å². The molecule has 1 unspecified atom stereocenters. The Morgan fingerprint density at radius 1 is 1.61 bits per heavy atom. The molecular formula is C14H19F2N3O8P+. The third kappa shape index (κ3) is 4.00. The normalized spacial score (nSPS) is 32.6. The van der Waals surface area contributed by atoms with E-state index in [0.717, 1.165) is 12.3 Å². The van der Waals surface area contributed by atoms with E-state index in [1.807, 2.05) is 0 Å². The van der Waals surface area contributed by atoms with Gasteiger partial charge in [-0.3, -0.25) is 9.36 Å². The van der Waals surface area contributed by atoms with Crippen LogP contribution < -0.4 is 11.4 Å². The van der Waals surface area contributed by atoms with Gasteiger partial charge in [-0.2, -0.15) is 27.7 Å². The molecule has 2 aliphatic heterocycles. The van der Waals surface area contributed by atoms with Gasteiger partial charge in [0.2, 0.25) is 12.3 Å². The number of carboxylic acid groups (broad SMARTS) is 1. The van der Waals surface area contributed by atoms with Crippen molar-refractivity contribution in [3.05, 3.63) is 22.7 Å². The first-order chi connectivity index (χ1) is 13.0. The van der Waals surface area contributed by atoms with Crippen molar-refractivity contribution in [2.75, 3.05) is 18.9 Å². The van der Waals surface area contributed by atoms with Crippen molar-refractivity contribution >= 4 is 20.0 Å². The van der Waals surface area contributed by atoms with Crippen molar-refractivity contribution in [2.24, 2.45) is 5.92 Å². The number of ether oxygens (including phenoxy) is 1. The summed E-state index contributed by atoms with van der Waals surface area (Å²) in [6.45, 7) is 0.688. The van der Waals surface area contributed by atoms with Gasteiger partial charge in [-0.15, -0.1) is 4.52 Å². The van der Waals surface area contributed by atoms with Crippen LogP contribution >= 0.6 is 8.17 Å². The molecule has 2 aliphatic rings. The number of aliphatic carboxylic acids is 1. The van der Waals surface area contributed by atoms with Gasteiger partial charge < -0.3 is 15.6 Å². The summed E-state index contributed by atoms with van der Waals surface area (Å²) in [5.41, 5.74) is 4.32. The highest BCUT2D eigenvalue weighted by atomic mass is 31.2. The molecule has 156 valence electrons. The zero-order valence-electron chi connectivity index (χ0n) is 14.6. The SMILES string of the molecule is C[C@H](CCO[P+]1(O)OC[C@H]2O[C@@H](n3ccc(N)nc3=O)C(F)(F)[C@@H]2O1)C(=O)O. The van der Waals surface area contributed by atoms with Crippen LogP contribution in [0.3, 0.4) is 0 Å². The second-order valence-corrected chi connectivity index (χ2v) is 8.06. The number of nitrogens with zero attached hydrogens (tertiary/aromatic N) is 2. The molecule has 2 fully saturated rings. The molecule has 0 aliphatic carbocycles. The lowest BCUT2D eigenvalue weighted by atomic mass is 10.1. The van der Waals surface area contributed by atoms with Crippen molar-refractivity contribution in [2.45, 2.75) is 37.7 Å². The summed E-state index contributed by atoms with van der Waals surface area (Å²) < 4.78 is 50.6. The number of hydrogen-bond donors (Lipinski definition) is 3. The molecule has 3 rings (SSSR count). The number of aromatic nitrogens is 2. The molecule has 2 saturated heterocycles. The monoisotopic (exact) mass is 426 g/mol. The Balaban J connectivity index is 1.72. The highest BCUT2D eigenvalue weighted by Gasteiger charge is 2.70. The second kappa shape index (κ2) is 7.58. The predicted molar refractivity (Wildman–Crippen MR) is 89.1 cm³/mol. The van der Waals surface area contributed by atoms with E-state index in [1.54, 1.807) is 0 Å². The van der Waals surface area contributed by atoms with Crippen LogP contribution in [0.4, 0.5) is 14.6 Å². The number of fused-ring (bicyclic) bond motifs is 1. The number of hydrogen-bond acceptors (Lipinski definition) is 9. The molecule has 28 heavy (non-hydrogen) atoms. The molecule has 0 aromatic carbocycles. The first-order valence-electron chi connectivity index (χ1n) is 8.23. The molecule has 14 heteroatoms. The van der Waals surface area contributed by atoms with Crippen molar-refractivity contribution < 1.29 is 41.9 Å². The Morgan fingerprint density at radius 3 is 2.96 bits per heavy atom. The number of carboxylic acids is 1. The number of anilines is 1. The quantitative estimate of drug-likeness (QED) is 0.550. The van der Waals surface area contributed by atoms with Crippen LogP contribution in [0.1, 0.15) is 19.6 Å². The number of carbonyl (C=O) groups is 1. The lowest BCUT2D eigenvalue weighted by molar-refractivity contribution is -0.143. The maximum absolute atomic E-state index is 14.9. The molecule has 5 atom stereocenters. The number of nitrogens with two attached hydrogens (primary N) is 1. The van der Waals surface area contributed by atoms with Gasteiger partial charge in [-0.05, 0) is 12.5 Å². The zero-order chi connectivity index (χ0) is 20.7. The van der Waals surface area contributed by atoms with Gasteiger partial charge in [0.15, 0.2) is 0 Å². The van der Waals surface area contributed by atoms with E-state index < -0.39 is 56.7 Å². The van der Waals surface area contributed by atoms with Gasteiger partial charge >= 0.3 is 25.8 Å². The summed E-state index contributed by atoms with van der Waals surface area (Å²) in [5.74, 6) is -5.69. The predicted octanol–water partition coefficient (Wildman–Crippen LogP) is 0.571. The van der Waals surface area contributed by atoms with E-state index in [-0.39, 0.29) is 18.8 Å². The summed E-state index contributed by atoms with van der Waals surface area (Å²) >= 11 is 0. The Morgan fingerprint density at radius 2 is 2.32 bits per heavy atom. The molecule has 1 aromatic rings. The first kappa shape index (κ1) is 21.0. The van der Waals surface area contributed by atoms with Crippen molar-refractivity contribution in [3.8, 4) is 0 Å². The van der Waals surface area contributed by atoms with Gasteiger partial charge in [-0.1, -0.05) is 6.92 Å². The van der Waals surface area contributed by atoms with E-state index >= 15 is 0 Å². The standard InChI is InChI=1S/C14H18F2N3O8P/c1-7(11(20)21)3-5-24-28(23)25-6-8-10(27-28)14(15,16)12(26-8)19-4-2-9(17)18-13(19)22/h2,4,7-8,10,12,23H,3,5-6H2,1H3,(H2-,17,18,20,21,22)/p+1/t7-,8-,10-,12-,28?/m1/s1. The lowest BCUT2D eigenvalue weighted by Crippen LogP contribution is -2.46. The fourth-order valence-electron chi connectivity index (χ4n) is 2.71. The van der Waals surface area contributed by atoms with Crippen molar-refractivity contribution in [3.63, 3.8) is 0 Å². The maximum Gasteiger partial charge on any atom is 0.573 e. The average molecular weight is 426 g/mol. The molecular weight excluding hydrogens is 407 g/mol. The summed E-state index contributed by atoms with van der Waals surface area (Å²) in [5, 5.41) is 8.82.